The maximum atomic E-state index is 9.81. The summed E-state index contributed by atoms with van der Waals surface area (Å²) in [6.45, 7) is 0.834. The van der Waals surface area contributed by atoms with Gasteiger partial charge in [-0.25, -0.2) is 0 Å². The Morgan fingerprint density at radius 3 is 2.50 bits per heavy atom. The molecule has 0 unspecified atom stereocenters. The van der Waals surface area contributed by atoms with Crippen molar-refractivity contribution in [3.63, 3.8) is 0 Å². The quantitative estimate of drug-likeness (QED) is 0.737. The highest BCUT2D eigenvalue weighted by Gasteiger charge is 2.34. The van der Waals surface area contributed by atoms with Crippen molar-refractivity contribution >= 4 is 0 Å². The fourth-order valence-electron chi connectivity index (χ4n) is 2.39. The van der Waals surface area contributed by atoms with Crippen LogP contribution in [0.5, 0.6) is 0 Å². The second-order valence-electron chi connectivity index (χ2n) is 4.94. The number of aliphatic hydroxyl groups is 3. The van der Waals surface area contributed by atoms with Gasteiger partial charge in [0.15, 0.2) is 0 Å². The number of hydrogen-bond donors (Lipinski definition) is 3. The maximum Gasteiger partial charge on any atom is 0.0851 e. The Bertz CT molecular complexity index is 354. The molecule has 18 heavy (non-hydrogen) atoms. The van der Waals surface area contributed by atoms with Crippen LogP contribution in [0.4, 0.5) is 0 Å². The van der Waals surface area contributed by atoms with Gasteiger partial charge in [0.2, 0.25) is 0 Å². The van der Waals surface area contributed by atoms with Gasteiger partial charge in [0.1, 0.15) is 0 Å². The van der Waals surface area contributed by atoms with E-state index in [0.717, 1.165) is 5.56 Å². The van der Waals surface area contributed by atoms with E-state index in [-0.39, 0.29) is 12.3 Å². The Kier molecular flexibility index (Phi) is 4.72. The molecule has 1 aliphatic rings. The molecule has 100 valence electrons. The van der Waals surface area contributed by atoms with E-state index in [1.807, 2.05) is 30.3 Å². The first-order valence-electron chi connectivity index (χ1n) is 6.32. The number of aliphatic hydroxyl groups excluding tert-OH is 3. The highest BCUT2D eigenvalue weighted by molar-refractivity contribution is 5.13. The fraction of sp³-hybridized carbons (Fsp3) is 0.571. The van der Waals surface area contributed by atoms with E-state index in [1.165, 1.54) is 0 Å². The van der Waals surface area contributed by atoms with Crippen LogP contribution in [0, 0.1) is 5.92 Å². The Morgan fingerprint density at radius 2 is 1.78 bits per heavy atom. The molecule has 3 N–H and O–H groups in total. The molecule has 0 spiro atoms. The molecule has 2 rings (SSSR count). The molecule has 0 aliphatic heterocycles. The van der Waals surface area contributed by atoms with Gasteiger partial charge in [0, 0.05) is 12.3 Å². The summed E-state index contributed by atoms with van der Waals surface area (Å²) in [7, 11) is 0. The van der Waals surface area contributed by atoms with E-state index in [0.29, 0.717) is 19.6 Å². The number of ether oxygens (including phenoxy) is 1. The molecular formula is C14H20O4. The largest absolute Gasteiger partial charge is 0.393 e. The van der Waals surface area contributed by atoms with Crippen molar-refractivity contribution < 1.29 is 20.1 Å². The van der Waals surface area contributed by atoms with E-state index in [4.69, 9.17) is 4.74 Å². The molecule has 0 radical (unpaired) electrons. The van der Waals surface area contributed by atoms with Crippen LogP contribution in [-0.4, -0.2) is 40.2 Å². The standard InChI is InChI=1S/C14H20O4/c15-12-6-11(14(17)13(16)7-12)9-18-8-10-4-2-1-3-5-10/h1-5,11-17H,6-9H2/t11-,12+,13-,14+/m1/s1. The van der Waals surface area contributed by atoms with Gasteiger partial charge in [-0.3, -0.25) is 0 Å². The predicted molar refractivity (Wildman–Crippen MR) is 66.8 cm³/mol. The summed E-state index contributed by atoms with van der Waals surface area (Å²) < 4.78 is 5.54. The van der Waals surface area contributed by atoms with Crippen molar-refractivity contribution in [1.29, 1.82) is 0 Å². The molecular weight excluding hydrogens is 232 g/mol. The summed E-state index contributed by atoms with van der Waals surface area (Å²) in [5.74, 6) is -0.201. The molecule has 1 aromatic carbocycles. The molecule has 0 heterocycles. The van der Waals surface area contributed by atoms with Crippen molar-refractivity contribution in [3.05, 3.63) is 35.9 Å². The second-order valence-corrected chi connectivity index (χ2v) is 4.94. The van der Waals surface area contributed by atoms with Crippen LogP contribution in [0.2, 0.25) is 0 Å². The van der Waals surface area contributed by atoms with Crippen LogP contribution in [0.1, 0.15) is 18.4 Å². The average Bonchev–Trinajstić information content (AvgIpc) is 2.36. The zero-order valence-corrected chi connectivity index (χ0v) is 10.3. The molecule has 1 aliphatic carbocycles. The SMILES string of the molecule is O[C@H]1C[C@H](COCc2ccccc2)[C@H](O)[C@H](O)C1. The molecule has 1 aromatic rings. The Labute approximate surface area is 107 Å². The summed E-state index contributed by atoms with van der Waals surface area (Å²) in [6, 6.07) is 9.78. The van der Waals surface area contributed by atoms with Gasteiger partial charge in [0.05, 0.1) is 31.5 Å². The van der Waals surface area contributed by atoms with Gasteiger partial charge in [-0.15, -0.1) is 0 Å². The van der Waals surface area contributed by atoms with E-state index in [1.54, 1.807) is 0 Å². The smallest absolute Gasteiger partial charge is 0.0851 e. The molecule has 1 saturated carbocycles. The fourth-order valence-corrected chi connectivity index (χ4v) is 2.39. The van der Waals surface area contributed by atoms with E-state index in [2.05, 4.69) is 0 Å². The molecule has 0 bridgehead atoms. The Morgan fingerprint density at radius 1 is 1.06 bits per heavy atom. The minimum absolute atomic E-state index is 0.201. The number of hydrogen-bond acceptors (Lipinski definition) is 4. The molecule has 4 atom stereocenters. The first-order chi connectivity index (χ1) is 8.66. The molecule has 0 amide bonds. The monoisotopic (exact) mass is 252 g/mol. The van der Waals surface area contributed by atoms with E-state index < -0.39 is 18.3 Å². The van der Waals surface area contributed by atoms with E-state index >= 15 is 0 Å². The van der Waals surface area contributed by atoms with Crippen LogP contribution in [0.25, 0.3) is 0 Å². The molecule has 4 nitrogen and oxygen atoms in total. The normalized spacial score (nSPS) is 32.4. The van der Waals surface area contributed by atoms with Crippen molar-refractivity contribution in [2.75, 3.05) is 6.61 Å². The van der Waals surface area contributed by atoms with Crippen LogP contribution in [0.15, 0.2) is 30.3 Å². The van der Waals surface area contributed by atoms with Crippen LogP contribution >= 0.6 is 0 Å². The lowest BCUT2D eigenvalue weighted by molar-refractivity contribution is -0.104. The highest BCUT2D eigenvalue weighted by Crippen LogP contribution is 2.25. The lowest BCUT2D eigenvalue weighted by Gasteiger charge is -2.34. The average molecular weight is 252 g/mol. The first kappa shape index (κ1) is 13.5. The predicted octanol–water partition coefficient (Wildman–Crippen LogP) is 0.696. The Balaban J connectivity index is 1.79. The summed E-state index contributed by atoms with van der Waals surface area (Å²) in [4.78, 5) is 0. The third-order valence-electron chi connectivity index (χ3n) is 3.41. The van der Waals surface area contributed by atoms with Gasteiger partial charge in [0.25, 0.3) is 0 Å². The van der Waals surface area contributed by atoms with Crippen LogP contribution in [0.3, 0.4) is 0 Å². The number of benzene rings is 1. The molecule has 4 heteroatoms. The van der Waals surface area contributed by atoms with Gasteiger partial charge in [-0.05, 0) is 12.0 Å². The van der Waals surface area contributed by atoms with Gasteiger partial charge in [-0.1, -0.05) is 30.3 Å². The summed E-state index contributed by atoms with van der Waals surface area (Å²) in [5.41, 5.74) is 1.07. The summed E-state index contributed by atoms with van der Waals surface area (Å²) >= 11 is 0. The third-order valence-corrected chi connectivity index (χ3v) is 3.41. The summed E-state index contributed by atoms with van der Waals surface area (Å²) in [6.07, 6.45) is -1.47. The van der Waals surface area contributed by atoms with Gasteiger partial charge >= 0.3 is 0 Å². The summed E-state index contributed by atoms with van der Waals surface area (Å²) in [5, 5.41) is 28.9. The zero-order valence-electron chi connectivity index (χ0n) is 10.3. The van der Waals surface area contributed by atoms with Gasteiger partial charge < -0.3 is 20.1 Å². The number of rotatable bonds is 4. The van der Waals surface area contributed by atoms with Crippen molar-refractivity contribution in [2.24, 2.45) is 5.92 Å². The zero-order chi connectivity index (χ0) is 13.0. The van der Waals surface area contributed by atoms with Crippen LogP contribution in [-0.2, 0) is 11.3 Å². The van der Waals surface area contributed by atoms with Crippen molar-refractivity contribution in [1.82, 2.24) is 0 Å². The second kappa shape index (κ2) is 6.29. The van der Waals surface area contributed by atoms with Crippen LogP contribution < -0.4 is 0 Å². The molecule has 0 saturated heterocycles. The topological polar surface area (TPSA) is 69.9 Å². The minimum Gasteiger partial charge on any atom is -0.393 e. The maximum absolute atomic E-state index is 9.81. The van der Waals surface area contributed by atoms with Gasteiger partial charge in [-0.2, -0.15) is 0 Å². The van der Waals surface area contributed by atoms with Crippen molar-refractivity contribution in [2.45, 2.75) is 37.8 Å². The molecule has 0 aromatic heterocycles. The molecule has 1 fully saturated rings. The minimum atomic E-state index is -0.848. The first-order valence-corrected chi connectivity index (χ1v) is 6.32. The highest BCUT2D eigenvalue weighted by atomic mass is 16.5. The van der Waals surface area contributed by atoms with E-state index in [9.17, 15) is 15.3 Å². The third kappa shape index (κ3) is 3.53. The Hall–Kier alpha value is -0.940. The van der Waals surface area contributed by atoms with Crippen molar-refractivity contribution in [3.8, 4) is 0 Å². The lowest BCUT2D eigenvalue weighted by atomic mass is 9.83. The lowest BCUT2D eigenvalue weighted by Crippen LogP contribution is -2.44.